The van der Waals surface area contributed by atoms with E-state index in [4.69, 9.17) is 0 Å². The summed E-state index contributed by atoms with van der Waals surface area (Å²) in [7, 11) is 0. The fourth-order valence-electron chi connectivity index (χ4n) is 3.27. The number of fused-ring (bicyclic) bond motifs is 1. The lowest BCUT2D eigenvalue weighted by molar-refractivity contribution is -0.123. The monoisotopic (exact) mass is 302 g/mol. The van der Waals surface area contributed by atoms with Crippen LogP contribution in [0.4, 0.5) is 0 Å². The van der Waals surface area contributed by atoms with Gasteiger partial charge in [0.1, 0.15) is 18.4 Å². The molecule has 3 rings (SSSR count). The number of carbonyl (C=O) groups excluding carboxylic acids is 1. The van der Waals surface area contributed by atoms with Gasteiger partial charge in [-0.3, -0.25) is 9.59 Å². The second-order valence-corrected chi connectivity index (χ2v) is 6.34. The van der Waals surface area contributed by atoms with E-state index in [-0.39, 0.29) is 24.1 Å². The zero-order valence-electron chi connectivity index (χ0n) is 13.0. The second-order valence-electron chi connectivity index (χ2n) is 6.34. The molecule has 1 aliphatic rings. The average Bonchev–Trinajstić information content (AvgIpc) is 2.96. The van der Waals surface area contributed by atoms with Crippen LogP contribution in [0.1, 0.15) is 33.1 Å². The van der Waals surface area contributed by atoms with E-state index < -0.39 is 0 Å². The van der Waals surface area contributed by atoms with Crippen molar-refractivity contribution in [2.45, 2.75) is 45.7 Å². The molecule has 2 aromatic heterocycles. The molecule has 1 aliphatic carbocycles. The Morgan fingerprint density at radius 2 is 2.23 bits per heavy atom. The predicted octanol–water partition coefficient (Wildman–Crippen LogP) is 1.44. The average molecular weight is 302 g/mol. The van der Waals surface area contributed by atoms with Crippen molar-refractivity contribution in [2.75, 3.05) is 0 Å². The lowest BCUT2D eigenvalue weighted by Gasteiger charge is -2.34. The van der Waals surface area contributed by atoms with E-state index >= 15 is 0 Å². The molecule has 1 saturated carbocycles. The first kappa shape index (κ1) is 14.8. The van der Waals surface area contributed by atoms with Gasteiger partial charge in [-0.2, -0.15) is 5.10 Å². The van der Waals surface area contributed by atoms with Gasteiger partial charge < -0.3 is 9.72 Å². The van der Waals surface area contributed by atoms with E-state index in [9.17, 15) is 9.59 Å². The highest BCUT2D eigenvalue weighted by atomic mass is 16.2. The molecule has 0 aliphatic heterocycles. The lowest BCUT2D eigenvalue weighted by atomic mass is 9.78. The highest BCUT2D eigenvalue weighted by Gasteiger charge is 2.28. The van der Waals surface area contributed by atoms with Crippen LogP contribution < -0.4 is 10.9 Å². The van der Waals surface area contributed by atoms with Gasteiger partial charge in [0.05, 0.1) is 0 Å². The normalized spacial score (nSPS) is 25.3. The molecule has 0 unspecified atom stereocenters. The van der Waals surface area contributed by atoms with Crippen LogP contribution >= 0.6 is 0 Å². The molecule has 22 heavy (non-hydrogen) atoms. The molecular formula is C16H22N4O2. The van der Waals surface area contributed by atoms with Crippen LogP contribution in [0.3, 0.4) is 0 Å². The minimum Gasteiger partial charge on any atom is -0.351 e. The maximum absolute atomic E-state index is 12.2. The number of hydrogen-bond donors (Lipinski definition) is 1. The van der Waals surface area contributed by atoms with Gasteiger partial charge in [0.25, 0.3) is 5.56 Å². The maximum atomic E-state index is 12.2. The predicted molar refractivity (Wildman–Crippen MR) is 83.6 cm³/mol. The summed E-state index contributed by atoms with van der Waals surface area (Å²) in [5, 5.41) is 7.12. The zero-order valence-corrected chi connectivity index (χ0v) is 13.0. The van der Waals surface area contributed by atoms with Crippen molar-refractivity contribution in [1.82, 2.24) is 19.5 Å². The highest BCUT2D eigenvalue weighted by molar-refractivity contribution is 5.76. The SMILES string of the molecule is C[C@H]1[C@H](C)CCC[C@@H]1NC(=O)Cn1ncn2cccc2c1=O. The fourth-order valence-corrected chi connectivity index (χ4v) is 3.27. The number of hydrogen-bond acceptors (Lipinski definition) is 3. The third-order valence-electron chi connectivity index (χ3n) is 4.89. The van der Waals surface area contributed by atoms with E-state index in [1.807, 2.05) is 0 Å². The summed E-state index contributed by atoms with van der Waals surface area (Å²) >= 11 is 0. The molecule has 2 heterocycles. The van der Waals surface area contributed by atoms with Crippen LogP contribution in [0.5, 0.6) is 0 Å². The van der Waals surface area contributed by atoms with Crippen molar-refractivity contribution in [3.05, 3.63) is 35.0 Å². The number of nitrogens with one attached hydrogen (secondary N) is 1. The minimum absolute atomic E-state index is 0.0296. The minimum atomic E-state index is -0.243. The first-order valence-corrected chi connectivity index (χ1v) is 7.88. The van der Waals surface area contributed by atoms with Crippen molar-refractivity contribution in [3.63, 3.8) is 0 Å². The van der Waals surface area contributed by atoms with Crippen LogP contribution in [0.25, 0.3) is 5.52 Å². The first-order chi connectivity index (χ1) is 10.6. The van der Waals surface area contributed by atoms with Crippen molar-refractivity contribution >= 4 is 11.4 Å². The standard InChI is InChI=1S/C16H22N4O2/c1-11-5-3-6-13(12(11)2)18-15(21)9-20-16(22)14-7-4-8-19(14)10-17-20/h4,7-8,10-13H,3,5-6,9H2,1-2H3,(H,18,21)/t11-,12+,13+/m1/s1. The van der Waals surface area contributed by atoms with Crippen LogP contribution in [0, 0.1) is 11.8 Å². The summed E-state index contributed by atoms with van der Waals surface area (Å²) in [6.07, 6.45) is 6.69. The molecule has 3 atom stereocenters. The molecular weight excluding hydrogens is 280 g/mol. The Labute approximate surface area is 129 Å². The number of amides is 1. The first-order valence-electron chi connectivity index (χ1n) is 7.88. The Morgan fingerprint density at radius 3 is 3.05 bits per heavy atom. The molecule has 2 aromatic rings. The molecule has 6 nitrogen and oxygen atoms in total. The Morgan fingerprint density at radius 1 is 1.41 bits per heavy atom. The van der Waals surface area contributed by atoms with Gasteiger partial charge in [0, 0.05) is 12.2 Å². The summed E-state index contributed by atoms with van der Waals surface area (Å²) in [5.74, 6) is 0.948. The molecule has 0 saturated heterocycles. The molecule has 1 fully saturated rings. The van der Waals surface area contributed by atoms with Gasteiger partial charge in [-0.05, 0) is 30.4 Å². The lowest BCUT2D eigenvalue weighted by Crippen LogP contribution is -2.45. The number of rotatable bonds is 3. The van der Waals surface area contributed by atoms with Gasteiger partial charge in [-0.15, -0.1) is 0 Å². The molecule has 118 valence electrons. The van der Waals surface area contributed by atoms with E-state index in [1.165, 1.54) is 11.1 Å². The van der Waals surface area contributed by atoms with Gasteiger partial charge in [-0.25, -0.2) is 4.68 Å². The van der Waals surface area contributed by atoms with E-state index in [1.54, 1.807) is 29.1 Å². The van der Waals surface area contributed by atoms with Crippen LogP contribution in [0.15, 0.2) is 29.5 Å². The quantitative estimate of drug-likeness (QED) is 0.932. The van der Waals surface area contributed by atoms with Gasteiger partial charge in [0.15, 0.2) is 0 Å². The van der Waals surface area contributed by atoms with Crippen molar-refractivity contribution in [1.29, 1.82) is 0 Å². The second kappa shape index (κ2) is 5.94. The Hall–Kier alpha value is -2.11. The molecule has 0 spiro atoms. The Kier molecular flexibility index (Phi) is 4.00. The van der Waals surface area contributed by atoms with Crippen LogP contribution in [-0.2, 0) is 11.3 Å². The molecule has 0 aromatic carbocycles. The van der Waals surface area contributed by atoms with Crippen molar-refractivity contribution < 1.29 is 4.79 Å². The summed E-state index contributed by atoms with van der Waals surface area (Å²) < 4.78 is 2.88. The molecule has 0 bridgehead atoms. The maximum Gasteiger partial charge on any atom is 0.291 e. The summed E-state index contributed by atoms with van der Waals surface area (Å²) in [5.41, 5.74) is 0.287. The third-order valence-corrected chi connectivity index (χ3v) is 4.89. The van der Waals surface area contributed by atoms with E-state index in [0.717, 1.165) is 12.8 Å². The Bertz CT molecular complexity index is 733. The van der Waals surface area contributed by atoms with Gasteiger partial charge >= 0.3 is 0 Å². The van der Waals surface area contributed by atoms with Gasteiger partial charge in [-0.1, -0.05) is 26.7 Å². The van der Waals surface area contributed by atoms with Crippen LogP contribution in [0.2, 0.25) is 0 Å². The van der Waals surface area contributed by atoms with E-state index in [0.29, 0.717) is 17.4 Å². The number of aromatic nitrogens is 3. The third kappa shape index (κ3) is 2.77. The van der Waals surface area contributed by atoms with E-state index in [2.05, 4.69) is 24.3 Å². The van der Waals surface area contributed by atoms with Crippen LogP contribution in [-0.4, -0.2) is 26.1 Å². The van der Waals surface area contributed by atoms with Crippen molar-refractivity contribution in [2.24, 2.45) is 11.8 Å². The smallest absolute Gasteiger partial charge is 0.291 e. The number of carbonyl (C=O) groups is 1. The summed E-state index contributed by atoms with van der Waals surface area (Å²) in [4.78, 5) is 24.5. The van der Waals surface area contributed by atoms with Gasteiger partial charge in [0.2, 0.25) is 5.91 Å². The molecule has 1 amide bonds. The fraction of sp³-hybridized carbons (Fsp3) is 0.562. The largest absolute Gasteiger partial charge is 0.351 e. The highest BCUT2D eigenvalue weighted by Crippen LogP contribution is 2.29. The topological polar surface area (TPSA) is 68.4 Å². The molecule has 1 N–H and O–H groups in total. The van der Waals surface area contributed by atoms with Crippen molar-refractivity contribution in [3.8, 4) is 0 Å². The molecule has 6 heteroatoms. The number of nitrogens with zero attached hydrogens (tertiary/aromatic N) is 3. The summed E-state index contributed by atoms with van der Waals surface area (Å²) in [6, 6.07) is 3.71. The molecule has 0 radical (unpaired) electrons. The zero-order chi connectivity index (χ0) is 15.7. The summed E-state index contributed by atoms with van der Waals surface area (Å²) in [6.45, 7) is 4.39. The Balaban J connectivity index is 1.70.